The number of aromatic nitrogens is 2. The molecule has 2 N–H and O–H groups in total. The van der Waals surface area contributed by atoms with E-state index < -0.39 is 22.9 Å². The summed E-state index contributed by atoms with van der Waals surface area (Å²) in [7, 11) is 0. The zero-order valence-corrected chi connectivity index (χ0v) is 13.9. The van der Waals surface area contributed by atoms with Crippen LogP contribution in [-0.2, 0) is 13.1 Å². The van der Waals surface area contributed by atoms with Crippen molar-refractivity contribution >= 4 is 5.97 Å². The molecule has 0 aliphatic carbocycles. The Hall–Kier alpha value is -2.67. The van der Waals surface area contributed by atoms with Gasteiger partial charge in [-0.1, -0.05) is 30.3 Å². The maximum atomic E-state index is 12.0. The van der Waals surface area contributed by atoms with E-state index in [4.69, 9.17) is 0 Å². The first-order valence-electron chi connectivity index (χ1n) is 8.46. The highest BCUT2D eigenvalue weighted by atomic mass is 16.4. The maximum absolute atomic E-state index is 12.0. The highest BCUT2D eigenvalue weighted by Crippen LogP contribution is 2.16. The lowest BCUT2D eigenvalue weighted by atomic mass is 9.90. The van der Waals surface area contributed by atoms with Crippen LogP contribution in [0.15, 0.2) is 46.0 Å². The molecule has 0 spiro atoms. The molecule has 0 radical (unpaired) electrons. The lowest BCUT2D eigenvalue weighted by Gasteiger charge is -2.29. The summed E-state index contributed by atoms with van der Waals surface area (Å²) in [6.07, 6.45) is 3.12. The SMILES string of the molecule is O=C([O-])c1cc(=O)n(C[NH+]2CCC(Cc3ccccc3)CC2)c(=O)[nH]1. The predicted molar refractivity (Wildman–Crippen MR) is 89.2 cm³/mol. The van der Waals surface area contributed by atoms with Crippen LogP contribution in [0.5, 0.6) is 0 Å². The molecule has 1 aromatic carbocycles. The van der Waals surface area contributed by atoms with E-state index in [1.165, 1.54) is 5.56 Å². The van der Waals surface area contributed by atoms with Gasteiger partial charge in [0.2, 0.25) is 0 Å². The number of carbonyl (C=O) groups excluding carboxylic acids is 1. The number of likely N-dealkylation sites (tertiary alicyclic amines) is 1. The van der Waals surface area contributed by atoms with Crippen molar-refractivity contribution in [2.24, 2.45) is 5.92 Å². The number of rotatable bonds is 5. The lowest BCUT2D eigenvalue weighted by Crippen LogP contribution is -3.12. The van der Waals surface area contributed by atoms with Crippen molar-refractivity contribution in [3.05, 3.63) is 68.5 Å². The summed E-state index contributed by atoms with van der Waals surface area (Å²) < 4.78 is 1.05. The summed E-state index contributed by atoms with van der Waals surface area (Å²) in [6, 6.07) is 11.3. The standard InChI is InChI=1S/C18H21N3O4/c22-16-11-15(17(23)24)19-18(25)21(16)12-20-8-6-14(7-9-20)10-13-4-2-1-3-5-13/h1-5,11,14H,6-10,12H2,(H,19,25)(H,23,24). The zero-order chi connectivity index (χ0) is 17.8. The van der Waals surface area contributed by atoms with Crippen LogP contribution in [0.1, 0.15) is 28.9 Å². The molecular formula is C18H21N3O4. The molecule has 1 aromatic heterocycles. The number of nitrogens with one attached hydrogen (secondary N) is 2. The van der Waals surface area contributed by atoms with Gasteiger partial charge in [0.25, 0.3) is 5.56 Å². The number of aromatic amines is 1. The largest absolute Gasteiger partial charge is 0.543 e. The second-order valence-electron chi connectivity index (χ2n) is 6.58. The second kappa shape index (κ2) is 7.48. The Bertz CT molecular complexity index is 817. The Kier molecular flexibility index (Phi) is 5.14. The highest BCUT2D eigenvalue weighted by molar-refractivity contribution is 5.82. The topological polar surface area (TPSA) is 99.4 Å². The molecular weight excluding hydrogens is 322 g/mol. The van der Waals surface area contributed by atoms with Crippen molar-refractivity contribution < 1.29 is 14.8 Å². The minimum absolute atomic E-state index is 0.250. The first kappa shape index (κ1) is 17.2. The molecule has 2 heterocycles. The number of nitrogens with zero attached hydrogens (tertiary/aromatic N) is 1. The van der Waals surface area contributed by atoms with Crippen LogP contribution >= 0.6 is 0 Å². The van der Waals surface area contributed by atoms with Crippen molar-refractivity contribution in [3.63, 3.8) is 0 Å². The van der Waals surface area contributed by atoms with Crippen molar-refractivity contribution in [3.8, 4) is 0 Å². The molecule has 1 aliphatic rings. The average Bonchev–Trinajstić information content (AvgIpc) is 2.60. The van der Waals surface area contributed by atoms with Crippen LogP contribution in [0, 0.1) is 5.92 Å². The average molecular weight is 343 g/mol. The molecule has 7 nitrogen and oxygen atoms in total. The van der Waals surface area contributed by atoms with Crippen molar-refractivity contribution in [2.75, 3.05) is 13.1 Å². The van der Waals surface area contributed by atoms with Crippen LogP contribution in [0.2, 0.25) is 0 Å². The molecule has 0 amide bonds. The molecule has 3 rings (SSSR count). The fourth-order valence-corrected chi connectivity index (χ4v) is 3.40. The van der Waals surface area contributed by atoms with E-state index in [9.17, 15) is 19.5 Å². The first-order chi connectivity index (χ1) is 12.0. The Morgan fingerprint density at radius 2 is 1.88 bits per heavy atom. The Labute approximate surface area is 144 Å². The molecule has 1 saturated heterocycles. The number of hydrogen-bond donors (Lipinski definition) is 2. The van der Waals surface area contributed by atoms with Gasteiger partial charge in [-0.25, -0.2) is 9.36 Å². The maximum Gasteiger partial charge on any atom is 0.333 e. The van der Waals surface area contributed by atoms with Crippen LogP contribution in [0.25, 0.3) is 0 Å². The molecule has 25 heavy (non-hydrogen) atoms. The number of piperidine rings is 1. The van der Waals surface area contributed by atoms with E-state index in [1.54, 1.807) is 0 Å². The van der Waals surface area contributed by atoms with Crippen LogP contribution in [-0.4, -0.2) is 28.6 Å². The summed E-state index contributed by atoms with van der Waals surface area (Å²) in [4.78, 5) is 38.0. The molecule has 0 unspecified atom stereocenters. The third-order valence-corrected chi connectivity index (χ3v) is 4.80. The minimum atomic E-state index is -1.56. The van der Waals surface area contributed by atoms with Crippen LogP contribution in [0.3, 0.4) is 0 Å². The van der Waals surface area contributed by atoms with Gasteiger partial charge in [0.15, 0.2) is 6.67 Å². The van der Waals surface area contributed by atoms with Gasteiger partial charge in [-0.3, -0.25) is 4.79 Å². The summed E-state index contributed by atoms with van der Waals surface area (Å²) in [5.41, 5.74) is -0.461. The van der Waals surface area contributed by atoms with Gasteiger partial charge in [0.1, 0.15) is 0 Å². The van der Waals surface area contributed by atoms with E-state index in [0.717, 1.165) is 47.9 Å². The van der Waals surface area contributed by atoms with Gasteiger partial charge < -0.3 is 19.8 Å². The molecule has 1 aliphatic heterocycles. The molecule has 0 saturated carbocycles. The second-order valence-corrected chi connectivity index (χ2v) is 6.58. The first-order valence-corrected chi connectivity index (χ1v) is 8.46. The number of carboxylic acids is 1. The number of carbonyl (C=O) groups is 1. The zero-order valence-electron chi connectivity index (χ0n) is 13.9. The monoisotopic (exact) mass is 343 g/mol. The Morgan fingerprint density at radius 3 is 2.48 bits per heavy atom. The number of H-pyrrole nitrogens is 1. The van der Waals surface area contributed by atoms with Gasteiger partial charge in [0.05, 0.1) is 24.8 Å². The molecule has 0 atom stereocenters. The fraction of sp³-hybridized carbons (Fsp3) is 0.389. The lowest BCUT2D eigenvalue weighted by molar-refractivity contribution is -0.929. The number of benzene rings is 1. The molecule has 1 fully saturated rings. The van der Waals surface area contributed by atoms with Crippen molar-refractivity contribution in [1.82, 2.24) is 9.55 Å². The van der Waals surface area contributed by atoms with Gasteiger partial charge >= 0.3 is 5.69 Å². The molecule has 0 bridgehead atoms. The van der Waals surface area contributed by atoms with Crippen LogP contribution in [0.4, 0.5) is 0 Å². The van der Waals surface area contributed by atoms with E-state index in [1.807, 2.05) is 18.2 Å². The van der Waals surface area contributed by atoms with Crippen molar-refractivity contribution in [1.29, 1.82) is 0 Å². The number of hydrogen-bond acceptors (Lipinski definition) is 4. The van der Waals surface area contributed by atoms with Crippen molar-refractivity contribution in [2.45, 2.75) is 25.9 Å². The predicted octanol–water partition coefficient (Wildman–Crippen LogP) is -1.60. The Morgan fingerprint density at radius 1 is 1.20 bits per heavy atom. The molecule has 2 aromatic rings. The quantitative estimate of drug-likeness (QED) is 0.683. The van der Waals surface area contributed by atoms with Crippen LogP contribution < -0.4 is 21.3 Å². The van der Waals surface area contributed by atoms with Gasteiger partial charge in [-0.2, -0.15) is 0 Å². The van der Waals surface area contributed by atoms with Gasteiger partial charge in [-0.15, -0.1) is 0 Å². The summed E-state index contributed by atoms with van der Waals surface area (Å²) in [6.45, 7) is 2.01. The molecule has 7 heteroatoms. The Balaban J connectivity index is 1.60. The van der Waals surface area contributed by atoms with Gasteiger partial charge in [0, 0.05) is 6.07 Å². The summed E-state index contributed by atoms with van der Waals surface area (Å²) in [5.74, 6) is -0.947. The fourth-order valence-electron chi connectivity index (χ4n) is 3.40. The normalized spacial score (nSPS) is 20.3. The number of quaternary nitrogens is 1. The third-order valence-electron chi connectivity index (χ3n) is 4.80. The smallest absolute Gasteiger partial charge is 0.333 e. The van der Waals surface area contributed by atoms with E-state index in [0.29, 0.717) is 5.92 Å². The van der Waals surface area contributed by atoms with E-state index in [-0.39, 0.29) is 6.67 Å². The third kappa shape index (κ3) is 4.24. The highest BCUT2D eigenvalue weighted by Gasteiger charge is 2.23. The molecule has 132 valence electrons. The summed E-state index contributed by atoms with van der Waals surface area (Å²) >= 11 is 0. The van der Waals surface area contributed by atoms with E-state index >= 15 is 0 Å². The number of aromatic carboxylic acids is 1. The summed E-state index contributed by atoms with van der Waals surface area (Å²) in [5, 5.41) is 10.8. The van der Waals surface area contributed by atoms with Gasteiger partial charge in [-0.05, 0) is 30.7 Å². The number of carboxylic acid groups (broad SMARTS) is 1. The van der Waals surface area contributed by atoms with E-state index in [2.05, 4.69) is 17.1 Å². The minimum Gasteiger partial charge on any atom is -0.543 e.